The Hall–Kier alpha value is -3.11. The fraction of sp³-hybridized carbons (Fsp3) is 0.464. The molecule has 1 fully saturated rings. The molecule has 0 bridgehead atoms. The predicted molar refractivity (Wildman–Crippen MR) is 150 cm³/mol. The number of halogens is 1. The number of amides is 3. The van der Waals surface area contributed by atoms with Crippen molar-refractivity contribution in [1.29, 1.82) is 0 Å². The molecule has 1 saturated heterocycles. The van der Waals surface area contributed by atoms with E-state index >= 15 is 0 Å². The number of nitrogens with one attached hydrogen (secondary N) is 2. The monoisotopic (exact) mass is 577 g/mol. The minimum Gasteiger partial charge on any atom is -0.444 e. The van der Waals surface area contributed by atoms with Crippen LogP contribution in [0, 0.1) is 0 Å². The smallest absolute Gasteiger partial charge is 0.407 e. The number of likely N-dealkylation sites (tertiary alicyclic amines) is 1. The summed E-state index contributed by atoms with van der Waals surface area (Å²) in [4.78, 5) is 40.4. The Morgan fingerprint density at radius 3 is 2.51 bits per heavy atom. The first-order valence-corrected chi connectivity index (χ1v) is 15.1. The maximum Gasteiger partial charge on any atom is 0.407 e. The highest BCUT2D eigenvalue weighted by Crippen LogP contribution is 2.21. The van der Waals surface area contributed by atoms with Gasteiger partial charge < -0.3 is 20.3 Å². The summed E-state index contributed by atoms with van der Waals surface area (Å²) in [6, 6.07) is 12.5. The predicted octanol–water partition coefficient (Wildman–Crippen LogP) is 3.99. The molecule has 0 unspecified atom stereocenters. The third kappa shape index (κ3) is 9.25. The van der Waals surface area contributed by atoms with Crippen LogP contribution in [0.1, 0.15) is 56.0 Å². The van der Waals surface area contributed by atoms with E-state index in [-0.39, 0.29) is 35.4 Å². The van der Waals surface area contributed by atoms with Crippen molar-refractivity contribution in [2.75, 3.05) is 19.3 Å². The van der Waals surface area contributed by atoms with E-state index in [1.807, 2.05) is 12.1 Å². The Labute approximate surface area is 235 Å². The highest BCUT2D eigenvalue weighted by molar-refractivity contribution is 7.90. The van der Waals surface area contributed by atoms with E-state index in [0.717, 1.165) is 18.2 Å². The lowest BCUT2D eigenvalue weighted by Gasteiger charge is -2.28. The van der Waals surface area contributed by atoms with E-state index in [0.29, 0.717) is 24.4 Å². The normalized spacial score (nSPS) is 16.4. The molecular weight excluding hydrogens is 542 g/mol. The van der Waals surface area contributed by atoms with Crippen molar-refractivity contribution < 1.29 is 27.5 Å². The molecule has 0 radical (unpaired) electrons. The minimum atomic E-state index is -3.58. The molecule has 9 nitrogen and oxygen atoms in total. The molecule has 2 aromatic rings. The molecule has 0 aliphatic carbocycles. The number of hydrogen-bond donors (Lipinski definition) is 2. The van der Waals surface area contributed by atoms with Gasteiger partial charge in [-0.2, -0.15) is 0 Å². The lowest BCUT2D eigenvalue weighted by molar-refractivity contribution is -0.132. The van der Waals surface area contributed by atoms with Gasteiger partial charge in [-0.1, -0.05) is 35.9 Å². The second-order valence-corrected chi connectivity index (χ2v) is 13.2. The number of rotatable bonds is 9. The summed E-state index contributed by atoms with van der Waals surface area (Å²) in [5.74, 6) is -0.674. The Bertz CT molecular complexity index is 1310. The van der Waals surface area contributed by atoms with Crippen molar-refractivity contribution in [2.45, 2.75) is 69.0 Å². The third-order valence-electron chi connectivity index (χ3n) is 6.24. The summed E-state index contributed by atoms with van der Waals surface area (Å²) >= 11 is 6.13. The van der Waals surface area contributed by atoms with Crippen LogP contribution >= 0.6 is 11.6 Å². The van der Waals surface area contributed by atoms with Gasteiger partial charge in [-0.05, 0) is 69.9 Å². The SMILES string of the molecule is CC(C)(C)OC(=O)N[C@@H](CC(=O)N1CCC[C@H]1CNC(=O)c1ccccc1S(C)(=O)=O)Cc1cccc(Cl)c1. The van der Waals surface area contributed by atoms with Gasteiger partial charge in [0.1, 0.15) is 5.60 Å². The molecule has 0 spiro atoms. The Morgan fingerprint density at radius 1 is 1.13 bits per heavy atom. The molecule has 3 rings (SSSR count). The van der Waals surface area contributed by atoms with E-state index in [1.54, 1.807) is 49.9 Å². The molecule has 39 heavy (non-hydrogen) atoms. The van der Waals surface area contributed by atoms with Crippen LogP contribution in [0.25, 0.3) is 0 Å². The molecular formula is C28H36ClN3O6S. The van der Waals surface area contributed by atoms with Crippen molar-refractivity contribution in [3.63, 3.8) is 0 Å². The van der Waals surface area contributed by atoms with E-state index in [9.17, 15) is 22.8 Å². The fourth-order valence-electron chi connectivity index (χ4n) is 4.58. The van der Waals surface area contributed by atoms with Gasteiger partial charge in [0, 0.05) is 42.9 Å². The maximum atomic E-state index is 13.4. The quantitative estimate of drug-likeness (QED) is 0.465. The topological polar surface area (TPSA) is 122 Å². The van der Waals surface area contributed by atoms with Crippen LogP contribution in [-0.2, 0) is 25.8 Å². The van der Waals surface area contributed by atoms with Crippen LogP contribution in [0.2, 0.25) is 5.02 Å². The van der Waals surface area contributed by atoms with Crippen LogP contribution in [0.15, 0.2) is 53.4 Å². The van der Waals surface area contributed by atoms with Gasteiger partial charge >= 0.3 is 6.09 Å². The van der Waals surface area contributed by atoms with Gasteiger partial charge in [0.25, 0.3) is 5.91 Å². The zero-order valence-corrected chi connectivity index (χ0v) is 24.3. The molecule has 3 amide bonds. The number of hydrogen-bond acceptors (Lipinski definition) is 6. The number of carbonyl (C=O) groups is 3. The highest BCUT2D eigenvalue weighted by atomic mass is 35.5. The molecule has 1 aliphatic rings. The fourth-order valence-corrected chi connectivity index (χ4v) is 5.68. The minimum absolute atomic E-state index is 0.0348. The van der Waals surface area contributed by atoms with Crippen LogP contribution < -0.4 is 10.6 Å². The van der Waals surface area contributed by atoms with Gasteiger partial charge in [0.05, 0.1) is 10.5 Å². The highest BCUT2D eigenvalue weighted by Gasteiger charge is 2.31. The summed E-state index contributed by atoms with van der Waals surface area (Å²) in [7, 11) is -3.58. The van der Waals surface area contributed by atoms with E-state index < -0.39 is 33.5 Å². The summed E-state index contributed by atoms with van der Waals surface area (Å²) in [5, 5.41) is 6.18. The lowest BCUT2D eigenvalue weighted by Crippen LogP contribution is -2.47. The summed E-state index contributed by atoms with van der Waals surface area (Å²) in [6.45, 7) is 6.00. The van der Waals surface area contributed by atoms with Crippen LogP contribution in [0.4, 0.5) is 4.79 Å². The molecule has 2 aromatic carbocycles. The number of nitrogens with zero attached hydrogens (tertiary/aromatic N) is 1. The zero-order valence-electron chi connectivity index (χ0n) is 22.7. The van der Waals surface area contributed by atoms with Crippen molar-refractivity contribution in [3.05, 3.63) is 64.7 Å². The van der Waals surface area contributed by atoms with Crippen molar-refractivity contribution in [1.82, 2.24) is 15.5 Å². The lowest BCUT2D eigenvalue weighted by atomic mass is 10.0. The first-order valence-electron chi connectivity index (χ1n) is 12.8. The molecule has 1 aliphatic heterocycles. The van der Waals surface area contributed by atoms with Crippen molar-refractivity contribution in [2.24, 2.45) is 0 Å². The number of sulfone groups is 1. The number of carbonyl (C=O) groups excluding carboxylic acids is 3. The van der Waals surface area contributed by atoms with Crippen molar-refractivity contribution in [3.8, 4) is 0 Å². The molecule has 212 valence electrons. The summed E-state index contributed by atoms with van der Waals surface area (Å²) in [6.07, 6.45) is 2.32. The zero-order chi connectivity index (χ0) is 28.8. The molecule has 11 heteroatoms. The number of alkyl carbamates (subject to hydrolysis) is 1. The van der Waals surface area contributed by atoms with Gasteiger partial charge in [-0.15, -0.1) is 0 Å². The second kappa shape index (κ2) is 12.8. The molecule has 2 atom stereocenters. The average Bonchev–Trinajstić information content (AvgIpc) is 3.29. The van der Waals surface area contributed by atoms with E-state index in [4.69, 9.17) is 16.3 Å². The van der Waals surface area contributed by atoms with E-state index in [2.05, 4.69) is 10.6 Å². The van der Waals surface area contributed by atoms with Gasteiger partial charge in [0.15, 0.2) is 9.84 Å². The summed E-state index contributed by atoms with van der Waals surface area (Å²) < 4.78 is 29.6. The molecule has 0 aromatic heterocycles. The van der Waals surface area contributed by atoms with Gasteiger partial charge in [0.2, 0.25) is 5.91 Å². The number of benzene rings is 2. The largest absolute Gasteiger partial charge is 0.444 e. The second-order valence-electron chi connectivity index (χ2n) is 10.7. The van der Waals surface area contributed by atoms with Crippen LogP contribution in [-0.4, -0.2) is 68.3 Å². The van der Waals surface area contributed by atoms with Gasteiger partial charge in [-0.3, -0.25) is 9.59 Å². The Kier molecular flexibility index (Phi) is 10.0. The third-order valence-corrected chi connectivity index (χ3v) is 7.63. The molecule has 2 N–H and O–H groups in total. The first-order chi connectivity index (χ1) is 18.2. The molecule has 0 saturated carbocycles. The van der Waals surface area contributed by atoms with Gasteiger partial charge in [-0.25, -0.2) is 13.2 Å². The Morgan fingerprint density at radius 2 is 1.85 bits per heavy atom. The molecule has 1 heterocycles. The van der Waals surface area contributed by atoms with Crippen molar-refractivity contribution >= 4 is 39.3 Å². The summed E-state index contributed by atoms with van der Waals surface area (Å²) in [5.41, 5.74) is 0.244. The maximum absolute atomic E-state index is 13.4. The van der Waals surface area contributed by atoms with Crippen LogP contribution in [0.5, 0.6) is 0 Å². The standard InChI is InChI=1S/C28H36ClN3O6S/c1-28(2,3)38-27(35)31-21(16-19-9-7-10-20(29)15-19)17-25(33)32-14-8-11-22(32)18-30-26(34)23-12-5-6-13-24(23)39(4,36)37/h5-7,9-10,12-13,15,21-22H,8,11,14,16-18H2,1-4H3,(H,30,34)(H,31,35)/t21-,22+/m1/s1. The number of ether oxygens (including phenoxy) is 1. The van der Waals surface area contributed by atoms with Crippen LogP contribution in [0.3, 0.4) is 0 Å². The average molecular weight is 578 g/mol. The van der Waals surface area contributed by atoms with E-state index in [1.165, 1.54) is 12.1 Å². The Balaban J connectivity index is 1.68. The first kappa shape index (κ1) is 30.4.